The number of anilines is 1. The first kappa shape index (κ1) is 19.2. The van der Waals surface area contributed by atoms with Crippen LogP contribution in [0.5, 0.6) is 0 Å². The summed E-state index contributed by atoms with van der Waals surface area (Å²) >= 11 is 0. The molecule has 1 heterocycles. The lowest BCUT2D eigenvalue weighted by molar-refractivity contribution is -0.122. The van der Waals surface area contributed by atoms with Crippen LogP contribution in [0.1, 0.15) is 37.8 Å². The lowest BCUT2D eigenvalue weighted by Crippen LogP contribution is -2.48. The van der Waals surface area contributed by atoms with Crippen LogP contribution in [-0.4, -0.2) is 16.9 Å². The highest BCUT2D eigenvalue weighted by Crippen LogP contribution is 2.42. The predicted octanol–water partition coefficient (Wildman–Crippen LogP) is 3.33. The molecule has 0 aliphatic heterocycles. The van der Waals surface area contributed by atoms with Crippen LogP contribution in [-0.2, 0) is 4.79 Å². The zero-order valence-corrected chi connectivity index (χ0v) is 14.5. The second-order valence-electron chi connectivity index (χ2n) is 6.35. The van der Waals surface area contributed by atoms with E-state index < -0.39 is 0 Å². The number of hydrogen-bond donors (Lipinski definition) is 2. The maximum atomic E-state index is 12.4. The number of amides is 1. The van der Waals surface area contributed by atoms with Crippen molar-refractivity contribution < 1.29 is 4.79 Å². The van der Waals surface area contributed by atoms with Crippen LogP contribution in [0.4, 0.5) is 5.82 Å². The highest BCUT2D eigenvalue weighted by Gasteiger charge is 2.40. The summed E-state index contributed by atoms with van der Waals surface area (Å²) in [6, 6.07) is 6.01. The minimum atomic E-state index is 0. The summed E-state index contributed by atoms with van der Waals surface area (Å²) in [5.41, 5.74) is 7.20. The molecule has 0 spiro atoms. The highest BCUT2D eigenvalue weighted by molar-refractivity contribution is 5.91. The Morgan fingerprint density at radius 3 is 2.45 bits per heavy atom. The molecule has 6 heteroatoms. The van der Waals surface area contributed by atoms with Gasteiger partial charge in [0, 0.05) is 17.7 Å². The van der Waals surface area contributed by atoms with Gasteiger partial charge in [-0.3, -0.25) is 4.79 Å². The molecule has 124 valence electrons. The van der Waals surface area contributed by atoms with E-state index in [2.05, 4.69) is 10.3 Å². The SMILES string of the molecule is Cc1cccc(NC(=O)C2CC3CCCC(C2)C3N)n1.Cl.Cl. The smallest absolute Gasteiger partial charge is 0.228 e. The van der Waals surface area contributed by atoms with E-state index in [4.69, 9.17) is 5.73 Å². The monoisotopic (exact) mass is 345 g/mol. The lowest BCUT2D eigenvalue weighted by Gasteiger charge is -2.43. The summed E-state index contributed by atoms with van der Waals surface area (Å²) in [7, 11) is 0. The Bertz CT molecular complexity index is 498. The summed E-state index contributed by atoms with van der Waals surface area (Å²) in [5, 5.41) is 2.97. The van der Waals surface area contributed by atoms with Crippen LogP contribution < -0.4 is 11.1 Å². The van der Waals surface area contributed by atoms with E-state index >= 15 is 0 Å². The molecular weight excluding hydrogens is 321 g/mol. The van der Waals surface area contributed by atoms with Crippen molar-refractivity contribution in [3.8, 4) is 0 Å². The van der Waals surface area contributed by atoms with Crippen molar-refractivity contribution >= 4 is 36.5 Å². The van der Waals surface area contributed by atoms with Gasteiger partial charge in [0.05, 0.1) is 0 Å². The first-order valence-corrected chi connectivity index (χ1v) is 7.63. The molecule has 2 aliphatic carbocycles. The number of aryl methyl sites for hydroxylation is 1. The molecule has 2 aliphatic rings. The average molecular weight is 346 g/mol. The van der Waals surface area contributed by atoms with Gasteiger partial charge in [0.2, 0.25) is 5.91 Å². The maximum absolute atomic E-state index is 12.4. The Hall–Kier alpha value is -0.840. The normalized spacial score (nSPS) is 29.7. The van der Waals surface area contributed by atoms with Gasteiger partial charge in [0.25, 0.3) is 0 Å². The standard InChI is InChI=1S/C16H23N3O.2ClH/c1-10-4-2-7-14(18-10)19-16(20)13-8-11-5-3-6-12(9-13)15(11)17;;/h2,4,7,11-13,15H,3,5-6,8-9,17H2,1H3,(H,18,19,20);2*1H. The minimum Gasteiger partial charge on any atom is -0.327 e. The van der Waals surface area contributed by atoms with Crippen molar-refractivity contribution in [2.45, 2.75) is 45.1 Å². The lowest BCUT2D eigenvalue weighted by atomic mass is 9.65. The van der Waals surface area contributed by atoms with Crippen molar-refractivity contribution in [1.29, 1.82) is 0 Å². The fourth-order valence-corrected chi connectivity index (χ4v) is 3.84. The molecule has 0 aromatic carbocycles. The minimum absolute atomic E-state index is 0. The van der Waals surface area contributed by atoms with Crippen LogP contribution in [0.3, 0.4) is 0 Å². The van der Waals surface area contributed by atoms with E-state index in [1.54, 1.807) is 0 Å². The summed E-state index contributed by atoms with van der Waals surface area (Å²) in [4.78, 5) is 16.8. The van der Waals surface area contributed by atoms with Gasteiger partial charge in [-0.2, -0.15) is 0 Å². The molecule has 2 atom stereocenters. The highest BCUT2D eigenvalue weighted by atomic mass is 35.5. The van der Waals surface area contributed by atoms with E-state index in [1.807, 2.05) is 25.1 Å². The van der Waals surface area contributed by atoms with Crippen molar-refractivity contribution in [3.63, 3.8) is 0 Å². The van der Waals surface area contributed by atoms with Crippen molar-refractivity contribution in [2.24, 2.45) is 23.5 Å². The number of fused-ring (bicyclic) bond motifs is 2. The Labute approximate surface area is 144 Å². The Morgan fingerprint density at radius 1 is 1.23 bits per heavy atom. The Balaban J connectivity index is 0.00000121. The summed E-state index contributed by atoms with van der Waals surface area (Å²) in [5.74, 6) is 1.95. The number of carbonyl (C=O) groups is 1. The maximum Gasteiger partial charge on any atom is 0.228 e. The fraction of sp³-hybridized carbons (Fsp3) is 0.625. The zero-order chi connectivity index (χ0) is 14.1. The summed E-state index contributed by atoms with van der Waals surface area (Å²) < 4.78 is 0. The van der Waals surface area contributed by atoms with Crippen molar-refractivity contribution in [2.75, 3.05) is 5.32 Å². The van der Waals surface area contributed by atoms with E-state index in [0.717, 1.165) is 18.5 Å². The van der Waals surface area contributed by atoms with Crippen LogP contribution >= 0.6 is 24.8 Å². The van der Waals surface area contributed by atoms with Gasteiger partial charge < -0.3 is 11.1 Å². The van der Waals surface area contributed by atoms with E-state index in [-0.39, 0.29) is 36.6 Å². The van der Waals surface area contributed by atoms with Gasteiger partial charge in [-0.05, 0) is 56.6 Å². The van der Waals surface area contributed by atoms with Crippen molar-refractivity contribution in [3.05, 3.63) is 23.9 Å². The van der Waals surface area contributed by atoms with Gasteiger partial charge in [-0.25, -0.2) is 4.98 Å². The third kappa shape index (κ3) is 4.12. The second-order valence-corrected chi connectivity index (χ2v) is 6.35. The van der Waals surface area contributed by atoms with Crippen LogP contribution in [0.15, 0.2) is 18.2 Å². The van der Waals surface area contributed by atoms with Gasteiger partial charge in [-0.1, -0.05) is 12.5 Å². The van der Waals surface area contributed by atoms with Gasteiger partial charge in [0.1, 0.15) is 5.82 Å². The largest absolute Gasteiger partial charge is 0.327 e. The van der Waals surface area contributed by atoms with Crippen LogP contribution in [0.2, 0.25) is 0 Å². The number of aromatic nitrogens is 1. The fourth-order valence-electron chi connectivity index (χ4n) is 3.84. The van der Waals surface area contributed by atoms with E-state index in [0.29, 0.717) is 23.7 Å². The zero-order valence-electron chi connectivity index (χ0n) is 12.8. The first-order chi connectivity index (χ1) is 9.63. The molecule has 4 nitrogen and oxygen atoms in total. The molecule has 1 amide bonds. The number of pyridine rings is 1. The molecule has 1 aromatic rings. The number of halogens is 2. The number of carbonyl (C=O) groups excluding carboxylic acids is 1. The first-order valence-electron chi connectivity index (χ1n) is 7.63. The average Bonchev–Trinajstić information content (AvgIpc) is 2.38. The van der Waals surface area contributed by atoms with Gasteiger partial charge in [0.15, 0.2) is 0 Å². The molecule has 22 heavy (non-hydrogen) atoms. The third-order valence-electron chi connectivity index (χ3n) is 4.92. The number of nitrogens with two attached hydrogens (primary N) is 1. The number of hydrogen-bond acceptors (Lipinski definition) is 3. The molecule has 0 saturated heterocycles. The number of rotatable bonds is 2. The summed E-state index contributed by atoms with van der Waals surface area (Å²) in [6.45, 7) is 1.93. The predicted molar refractivity (Wildman–Crippen MR) is 93.6 cm³/mol. The van der Waals surface area contributed by atoms with E-state index in [1.165, 1.54) is 19.3 Å². The third-order valence-corrected chi connectivity index (χ3v) is 4.92. The van der Waals surface area contributed by atoms with E-state index in [9.17, 15) is 4.79 Å². The molecule has 3 N–H and O–H groups in total. The number of nitrogens with one attached hydrogen (secondary N) is 1. The molecule has 2 bridgehead atoms. The van der Waals surface area contributed by atoms with Crippen molar-refractivity contribution in [1.82, 2.24) is 4.98 Å². The molecular formula is C16H25Cl2N3O. The quantitative estimate of drug-likeness (QED) is 0.863. The Kier molecular flexibility index (Phi) is 7.10. The second kappa shape index (κ2) is 8.14. The van der Waals surface area contributed by atoms with Crippen LogP contribution in [0.25, 0.3) is 0 Å². The molecule has 1 aromatic heterocycles. The van der Waals surface area contributed by atoms with Crippen LogP contribution in [0, 0.1) is 24.7 Å². The molecule has 2 fully saturated rings. The topological polar surface area (TPSA) is 68.0 Å². The molecule has 2 unspecified atom stereocenters. The van der Waals surface area contributed by atoms with Gasteiger partial charge >= 0.3 is 0 Å². The molecule has 0 radical (unpaired) electrons. The molecule has 2 saturated carbocycles. The summed E-state index contributed by atoms with van der Waals surface area (Å²) in [6.07, 6.45) is 5.52. The molecule has 3 rings (SSSR count). The Morgan fingerprint density at radius 2 is 1.86 bits per heavy atom. The van der Waals surface area contributed by atoms with Gasteiger partial charge in [-0.15, -0.1) is 24.8 Å². The number of nitrogens with zero attached hydrogens (tertiary/aromatic N) is 1.